The molecule has 1 aliphatic rings. The summed E-state index contributed by atoms with van der Waals surface area (Å²) in [4.78, 5) is 11.6. The van der Waals surface area contributed by atoms with Gasteiger partial charge in [-0.3, -0.25) is 0 Å². The molecule has 0 atom stereocenters. The van der Waals surface area contributed by atoms with Crippen molar-refractivity contribution in [3.8, 4) is 16.9 Å². The second kappa shape index (κ2) is 14.1. The molecule has 0 aromatic heterocycles. The lowest BCUT2D eigenvalue weighted by Crippen LogP contribution is -2.43. The highest BCUT2D eigenvalue weighted by molar-refractivity contribution is 5.89. The van der Waals surface area contributed by atoms with E-state index in [1.807, 2.05) is 24.3 Å². The first-order chi connectivity index (χ1) is 16.6. The summed E-state index contributed by atoms with van der Waals surface area (Å²) in [5.41, 5.74) is 2.98. The minimum atomic E-state index is -0.318. The number of ether oxygens (including phenoxy) is 4. The van der Waals surface area contributed by atoms with E-state index < -0.39 is 0 Å². The van der Waals surface area contributed by atoms with Gasteiger partial charge >= 0.3 is 5.97 Å². The van der Waals surface area contributed by atoms with Crippen LogP contribution >= 0.6 is 0 Å². The topological polar surface area (TPSA) is 54.0 Å². The minimum Gasteiger partial charge on any atom is -0.494 e. The molecule has 1 heterocycles. The Bertz CT molecular complexity index is 840. The van der Waals surface area contributed by atoms with E-state index in [1.54, 1.807) is 12.1 Å². The van der Waals surface area contributed by atoms with Crippen LogP contribution < -0.4 is 4.74 Å². The number of hydrogen-bond acceptors (Lipinski definition) is 5. The smallest absolute Gasteiger partial charge is 0.337 e. The summed E-state index contributed by atoms with van der Waals surface area (Å²) in [6.07, 6.45) is 9.94. The Morgan fingerprint density at radius 1 is 0.794 bits per heavy atom. The second-order valence-electron chi connectivity index (χ2n) is 9.63. The summed E-state index contributed by atoms with van der Waals surface area (Å²) in [7, 11) is 1.39. The number of rotatable bonds is 16. The fourth-order valence-electron chi connectivity index (χ4n) is 4.07. The van der Waals surface area contributed by atoms with Gasteiger partial charge in [-0.1, -0.05) is 69.7 Å². The molecule has 1 aliphatic heterocycles. The van der Waals surface area contributed by atoms with Crippen molar-refractivity contribution < 1.29 is 23.7 Å². The third kappa shape index (κ3) is 8.77. The minimum absolute atomic E-state index is 0.272. The van der Waals surface area contributed by atoms with Crippen LogP contribution in [0.4, 0.5) is 0 Å². The van der Waals surface area contributed by atoms with Gasteiger partial charge in [-0.05, 0) is 48.2 Å². The van der Waals surface area contributed by atoms with Crippen LogP contribution in [0, 0.1) is 5.41 Å². The van der Waals surface area contributed by atoms with Crippen molar-refractivity contribution in [3.63, 3.8) is 0 Å². The van der Waals surface area contributed by atoms with Crippen molar-refractivity contribution in [3.05, 3.63) is 54.1 Å². The van der Waals surface area contributed by atoms with E-state index in [-0.39, 0.29) is 11.4 Å². The van der Waals surface area contributed by atoms with Crippen LogP contribution in [0.5, 0.6) is 5.75 Å². The third-order valence-corrected chi connectivity index (χ3v) is 6.30. The Morgan fingerprint density at radius 2 is 1.32 bits per heavy atom. The van der Waals surface area contributed by atoms with Crippen molar-refractivity contribution in [2.24, 2.45) is 5.41 Å². The molecule has 0 bridgehead atoms. The van der Waals surface area contributed by atoms with Gasteiger partial charge in [0, 0.05) is 12.0 Å². The molecule has 1 fully saturated rings. The molecule has 0 amide bonds. The van der Waals surface area contributed by atoms with Gasteiger partial charge in [0.1, 0.15) is 5.75 Å². The van der Waals surface area contributed by atoms with Gasteiger partial charge in [0.15, 0.2) is 0 Å². The Balaban J connectivity index is 1.17. The standard InChI is InChI=1S/C29H40O5/c1-29(22-33-23-29)21-32-19-9-7-5-3-4-6-8-10-20-34-27-17-15-25(16-18-27)24-11-13-26(14-12-24)28(30)31-2/h11-18H,3-10,19-23H2,1-2H3. The van der Waals surface area contributed by atoms with E-state index in [0.29, 0.717) is 5.56 Å². The highest BCUT2D eigenvalue weighted by atomic mass is 16.5. The number of unbranched alkanes of at least 4 members (excludes halogenated alkanes) is 7. The zero-order valence-corrected chi connectivity index (χ0v) is 20.9. The molecule has 1 saturated heterocycles. The lowest BCUT2D eigenvalue weighted by atomic mass is 9.90. The predicted molar refractivity (Wildman–Crippen MR) is 135 cm³/mol. The predicted octanol–water partition coefficient (Wildman–Crippen LogP) is 6.69. The van der Waals surface area contributed by atoms with E-state index in [1.165, 1.54) is 52.1 Å². The van der Waals surface area contributed by atoms with Crippen LogP contribution in [-0.4, -0.2) is 46.1 Å². The largest absolute Gasteiger partial charge is 0.494 e. The SMILES string of the molecule is COC(=O)c1ccc(-c2ccc(OCCCCCCCCCCOCC3(C)COC3)cc2)cc1. The van der Waals surface area contributed by atoms with E-state index in [2.05, 4.69) is 19.1 Å². The van der Waals surface area contributed by atoms with Gasteiger partial charge in [0.25, 0.3) is 0 Å². The van der Waals surface area contributed by atoms with Crippen LogP contribution in [0.2, 0.25) is 0 Å². The summed E-state index contributed by atoms with van der Waals surface area (Å²) in [5.74, 6) is 0.581. The molecule has 3 rings (SSSR count). The Labute approximate surface area is 204 Å². The molecule has 0 spiro atoms. The zero-order valence-electron chi connectivity index (χ0n) is 20.9. The monoisotopic (exact) mass is 468 g/mol. The van der Waals surface area contributed by atoms with Crippen molar-refractivity contribution in [2.45, 2.75) is 58.3 Å². The first-order valence-electron chi connectivity index (χ1n) is 12.7. The lowest BCUT2D eigenvalue weighted by Gasteiger charge is -2.37. The first-order valence-corrected chi connectivity index (χ1v) is 12.7. The number of hydrogen-bond donors (Lipinski definition) is 0. The molecule has 5 nitrogen and oxygen atoms in total. The maximum absolute atomic E-state index is 11.6. The van der Waals surface area contributed by atoms with Crippen LogP contribution in [0.3, 0.4) is 0 Å². The summed E-state index contributed by atoms with van der Waals surface area (Å²) in [6.45, 7) is 6.41. The Kier molecular flexibility index (Phi) is 10.9. The van der Waals surface area contributed by atoms with Crippen molar-refractivity contribution in [1.82, 2.24) is 0 Å². The highest BCUT2D eigenvalue weighted by Crippen LogP contribution is 2.26. The number of methoxy groups -OCH3 is 1. The number of esters is 1. The van der Waals surface area contributed by atoms with Crippen LogP contribution in [-0.2, 0) is 14.2 Å². The number of carbonyl (C=O) groups is 1. The van der Waals surface area contributed by atoms with E-state index in [4.69, 9.17) is 18.9 Å². The quantitative estimate of drug-likeness (QED) is 0.203. The molecule has 0 aliphatic carbocycles. The number of carbonyl (C=O) groups excluding carboxylic acids is 1. The average Bonchev–Trinajstić information content (AvgIpc) is 2.85. The normalized spacial score (nSPS) is 14.4. The van der Waals surface area contributed by atoms with Crippen LogP contribution in [0.1, 0.15) is 68.6 Å². The lowest BCUT2D eigenvalue weighted by molar-refractivity contribution is -0.137. The summed E-state index contributed by atoms with van der Waals surface area (Å²) in [6, 6.07) is 15.6. The maximum Gasteiger partial charge on any atom is 0.337 e. The molecule has 0 unspecified atom stereocenters. The van der Waals surface area contributed by atoms with Gasteiger partial charge in [-0.2, -0.15) is 0 Å². The fourth-order valence-corrected chi connectivity index (χ4v) is 4.07. The van der Waals surface area contributed by atoms with E-state index in [0.717, 1.165) is 56.3 Å². The highest BCUT2D eigenvalue weighted by Gasteiger charge is 2.33. The first kappa shape index (κ1) is 26.2. The molecule has 34 heavy (non-hydrogen) atoms. The molecule has 2 aromatic rings. The zero-order chi connectivity index (χ0) is 24.1. The average molecular weight is 469 g/mol. The van der Waals surface area contributed by atoms with Crippen molar-refractivity contribution in [1.29, 1.82) is 0 Å². The maximum atomic E-state index is 11.6. The van der Waals surface area contributed by atoms with Gasteiger partial charge in [-0.15, -0.1) is 0 Å². The van der Waals surface area contributed by atoms with Crippen molar-refractivity contribution in [2.75, 3.05) is 40.1 Å². The van der Waals surface area contributed by atoms with E-state index in [9.17, 15) is 4.79 Å². The van der Waals surface area contributed by atoms with E-state index >= 15 is 0 Å². The molecular formula is C29H40O5. The molecule has 2 aromatic carbocycles. The van der Waals surface area contributed by atoms with Crippen LogP contribution in [0.25, 0.3) is 11.1 Å². The Hall–Kier alpha value is -2.37. The third-order valence-electron chi connectivity index (χ3n) is 6.30. The van der Waals surface area contributed by atoms with Gasteiger partial charge < -0.3 is 18.9 Å². The van der Waals surface area contributed by atoms with Gasteiger partial charge in [0.05, 0.1) is 39.1 Å². The molecule has 186 valence electrons. The van der Waals surface area contributed by atoms with Gasteiger partial charge in [0.2, 0.25) is 0 Å². The molecule has 0 saturated carbocycles. The fraction of sp³-hybridized carbons (Fsp3) is 0.552. The van der Waals surface area contributed by atoms with Crippen molar-refractivity contribution >= 4 is 5.97 Å². The Morgan fingerprint density at radius 3 is 1.85 bits per heavy atom. The number of benzene rings is 2. The summed E-state index contributed by atoms with van der Waals surface area (Å²) >= 11 is 0. The molecule has 0 N–H and O–H groups in total. The molecular weight excluding hydrogens is 428 g/mol. The van der Waals surface area contributed by atoms with Gasteiger partial charge in [-0.25, -0.2) is 4.79 Å². The molecule has 5 heteroatoms. The molecule has 0 radical (unpaired) electrons. The summed E-state index contributed by atoms with van der Waals surface area (Å²) < 4.78 is 21.7. The van der Waals surface area contributed by atoms with Crippen LogP contribution in [0.15, 0.2) is 48.5 Å². The summed E-state index contributed by atoms with van der Waals surface area (Å²) in [5, 5.41) is 0. The second-order valence-corrected chi connectivity index (χ2v) is 9.63.